The summed E-state index contributed by atoms with van der Waals surface area (Å²) in [6, 6.07) is 8.36. The lowest BCUT2D eigenvalue weighted by atomic mass is 10.0. The molecule has 0 aliphatic carbocycles. The van der Waals surface area contributed by atoms with Crippen LogP contribution in [0.5, 0.6) is 0 Å². The van der Waals surface area contributed by atoms with E-state index in [0.717, 1.165) is 0 Å². The highest BCUT2D eigenvalue weighted by Crippen LogP contribution is 2.15. The molecule has 1 aromatic carbocycles. The smallest absolute Gasteiger partial charge is 0.356 e. The highest BCUT2D eigenvalue weighted by atomic mass is 127. The molecule has 1 atom stereocenters. The molecule has 0 spiro atoms. The number of likely N-dealkylation sites (N-methyl/N-ethyl adjacent to an activating group) is 1. The third-order valence-corrected chi connectivity index (χ3v) is 3.68. The molecule has 8 heteroatoms. The van der Waals surface area contributed by atoms with Gasteiger partial charge in [0.2, 0.25) is 0 Å². The lowest BCUT2D eigenvalue weighted by Gasteiger charge is -2.20. The molecule has 0 aliphatic rings. The molecule has 2 N–H and O–H groups in total. The van der Waals surface area contributed by atoms with Gasteiger partial charge in [-0.3, -0.25) is 9.89 Å². The second-order valence-corrected chi connectivity index (χ2v) is 6.04. The van der Waals surface area contributed by atoms with Gasteiger partial charge in [0.15, 0.2) is 5.96 Å². The standard InChI is InChI=1S/C17H27F3N4.HI/c1-13-5-7-15(8-6-13)14(2)11-23-16(21-3)22-9-10-24(4)12-17(18,19)20;/h5-8,14H,9-12H2,1-4H3,(H2,21,22,23);1H. The lowest BCUT2D eigenvalue weighted by Crippen LogP contribution is -2.43. The molecule has 1 unspecified atom stereocenters. The molecule has 0 amide bonds. The van der Waals surface area contributed by atoms with Crippen LogP contribution < -0.4 is 10.6 Å². The first-order valence-corrected chi connectivity index (χ1v) is 7.97. The van der Waals surface area contributed by atoms with Crippen LogP contribution in [-0.2, 0) is 0 Å². The summed E-state index contributed by atoms with van der Waals surface area (Å²) in [5, 5.41) is 6.23. The topological polar surface area (TPSA) is 39.7 Å². The van der Waals surface area contributed by atoms with E-state index in [1.807, 2.05) is 6.92 Å². The molecule has 25 heavy (non-hydrogen) atoms. The highest BCUT2D eigenvalue weighted by Gasteiger charge is 2.28. The fourth-order valence-electron chi connectivity index (χ4n) is 2.23. The predicted octanol–water partition coefficient (Wildman–Crippen LogP) is 3.38. The number of aliphatic imine (C=N–C) groups is 1. The minimum atomic E-state index is -4.17. The third-order valence-electron chi connectivity index (χ3n) is 3.68. The molecule has 0 aromatic heterocycles. The van der Waals surface area contributed by atoms with Crippen LogP contribution in [0.2, 0.25) is 0 Å². The lowest BCUT2D eigenvalue weighted by molar-refractivity contribution is -0.142. The Kier molecular flexibility index (Phi) is 11.1. The SMILES string of the molecule is CN=C(NCCN(C)CC(F)(F)F)NCC(C)c1ccc(C)cc1.I. The quantitative estimate of drug-likeness (QED) is 0.363. The van der Waals surface area contributed by atoms with Gasteiger partial charge >= 0.3 is 6.18 Å². The number of benzene rings is 1. The molecular formula is C17H28F3IN4. The summed E-state index contributed by atoms with van der Waals surface area (Å²) in [4.78, 5) is 5.32. The van der Waals surface area contributed by atoms with Crippen LogP contribution in [0.25, 0.3) is 0 Å². The average Bonchev–Trinajstić information content (AvgIpc) is 2.49. The van der Waals surface area contributed by atoms with Gasteiger partial charge in [-0.25, -0.2) is 0 Å². The Hall–Kier alpha value is -1.03. The number of nitrogens with zero attached hydrogens (tertiary/aromatic N) is 2. The molecule has 0 saturated carbocycles. The first-order chi connectivity index (χ1) is 11.2. The number of rotatable bonds is 7. The van der Waals surface area contributed by atoms with E-state index in [2.05, 4.69) is 46.8 Å². The van der Waals surface area contributed by atoms with Gasteiger partial charge in [0.25, 0.3) is 0 Å². The van der Waals surface area contributed by atoms with Gasteiger partial charge in [-0.2, -0.15) is 13.2 Å². The molecule has 144 valence electrons. The summed E-state index contributed by atoms with van der Waals surface area (Å²) >= 11 is 0. The van der Waals surface area contributed by atoms with E-state index in [1.54, 1.807) is 7.05 Å². The second-order valence-electron chi connectivity index (χ2n) is 6.04. The Morgan fingerprint density at radius 2 is 1.80 bits per heavy atom. The van der Waals surface area contributed by atoms with Crippen molar-refractivity contribution in [3.05, 3.63) is 35.4 Å². The van der Waals surface area contributed by atoms with Gasteiger partial charge in [0, 0.05) is 26.7 Å². The van der Waals surface area contributed by atoms with Crippen LogP contribution in [-0.4, -0.2) is 57.3 Å². The van der Waals surface area contributed by atoms with E-state index in [0.29, 0.717) is 25.0 Å². The van der Waals surface area contributed by atoms with E-state index in [-0.39, 0.29) is 30.5 Å². The summed E-state index contributed by atoms with van der Waals surface area (Å²) < 4.78 is 36.8. The molecule has 0 bridgehead atoms. The predicted molar refractivity (Wildman–Crippen MR) is 108 cm³/mol. The maximum absolute atomic E-state index is 12.3. The Morgan fingerprint density at radius 3 is 2.32 bits per heavy atom. The van der Waals surface area contributed by atoms with Gasteiger partial charge in [-0.05, 0) is 25.5 Å². The zero-order valence-electron chi connectivity index (χ0n) is 15.2. The number of hydrogen-bond donors (Lipinski definition) is 2. The number of guanidine groups is 1. The van der Waals surface area contributed by atoms with Crippen molar-refractivity contribution in [2.75, 3.05) is 40.3 Å². The van der Waals surface area contributed by atoms with Crippen molar-refractivity contribution in [3.8, 4) is 0 Å². The molecule has 0 heterocycles. The van der Waals surface area contributed by atoms with E-state index >= 15 is 0 Å². The number of hydrogen-bond acceptors (Lipinski definition) is 2. The summed E-state index contributed by atoms with van der Waals surface area (Å²) in [5.41, 5.74) is 2.45. The minimum absolute atomic E-state index is 0. The Morgan fingerprint density at radius 1 is 1.20 bits per heavy atom. The van der Waals surface area contributed by atoms with Gasteiger partial charge in [-0.1, -0.05) is 36.8 Å². The zero-order chi connectivity index (χ0) is 18.2. The van der Waals surface area contributed by atoms with Crippen LogP contribution in [0.1, 0.15) is 24.0 Å². The molecule has 1 aromatic rings. The number of nitrogens with one attached hydrogen (secondary N) is 2. The molecule has 0 radical (unpaired) electrons. The van der Waals surface area contributed by atoms with Gasteiger partial charge in [0.05, 0.1) is 6.54 Å². The Labute approximate surface area is 165 Å². The molecule has 4 nitrogen and oxygen atoms in total. The van der Waals surface area contributed by atoms with Crippen LogP contribution in [0, 0.1) is 6.92 Å². The summed E-state index contributed by atoms with van der Waals surface area (Å²) in [6.45, 7) is 4.63. The van der Waals surface area contributed by atoms with Crippen LogP contribution >= 0.6 is 24.0 Å². The van der Waals surface area contributed by atoms with Crippen LogP contribution in [0.3, 0.4) is 0 Å². The van der Waals surface area contributed by atoms with E-state index in [4.69, 9.17) is 0 Å². The fraction of sp³-hybridized carbons (Fsp3) is 0.588. The van der Waals surface area contributed by atoms with Gasteiger partial charge in [0.1, 0.15) is 0 Å². The van der Waals surface area contributed by atoms with E-state index in [1.165, 1.54) is 23.1 Å². The normalized spacial score (nSPS) is 13.4. The molecular weight excluding hydrogens is 444 g/mol. The van der Waals surface area contributed by atoms with Crippen molar-refractivity contribution in [1.82, 2.24) is 15.5 Å². The first-order valence-electron chi connectivity index (χ1n) is 7.97. The van der Waals surface area contributed by atoms with Crippen molar-refractivity contribution < 1.29 is 13.2 Å². The average molecular weight is 472 g/mol. The molecule has 1 rings (SSSR count). The minimum Gasteiger partial charge on any atom is -0.356 e. The third kappa shape index (κ3) is 10.5. The number of halogens is 4. The molecule has 0 aliphatic heterocycles. The van der Waals surface area contributed by atoms with Crippen molar-refractivity contribution in [3.63, 3.8) is 0 Å². The Balaban J connectivity index is 0.00000576. The van der Waals surface area contributed by atoms with E-state index in [9.17, 15) is 13.2 Å². The number of alkyl halides is 3. The van der Waals surface area contributed by atoms with Crippen molar-refractivity contribution in [2.24, 2.45) is 4.99 Å². The largest absolute Gasteiger partial charge is 0.401 e. The fourth-order valence-corrected chi connectivity index (χ4v) is 2.23. The van der Waals surface area contributed by atoms with Crippen LogP contribution in [0.4, 0.5) is 13.2 Å². The molecule has 0 saturated heterocycles. The van der Waals surface area contributed by atoms with Gasteiger partial charge in [-0.15, -0.1) is 24.0 Å². The summed E-state index contributed by atoms with van der Waals surface area (Å²) in [5.74, 6) is 0.895. The van der Waals surface area contributed by atoms with Gasteiger partial charge < -0.3 is 10.6 Å². The summed E-state index contributed by atoms with van der Waals surface area (Å²) in [7, 11) is 3.09. The maximum atomic E-state index is 12.3. The van der Waals surface area contributed by atoms with Crippen molar-refractivity contribution in [1.29, 1.82) is 0 Å². The monoisotopic (exact) mass is 472 g/mol. The van der Waals surface area contributed by atoms with Crippen molar-refractivity contribution in [2.45, 2.75) is 25.9 Å². The van der Waals surface area contributed by atoms with Crippen molar-refractivity contribution >= 4 is 29.9 Å². The summed E-state index contributed by atoms with van der Waals surface area (Å²) in [6.07, 6.45) is -4.17. The maximum Gasteiger partial charge on any atom is 0.401 e. The van der Waals surface area contributed by atoms with Crippen LogP contribution in [0.15, 0.2) is 29.3 Å². The first kappa shape index (κ1) is 24.0. The zero-order valence-corrected chi connectivity index (χ0v) is 17.5. The Bertz CT molecular complexity index is 518. The molecule has 0 fully saturated rings. The second kappa shape index (κ2) is 11.6. The van der Waals surface area contributed by atoms with E-state index < -0.39 is 12.7 Å². The number of aryl methyl sites for hydroxylation is 1. The highest BCUT2D eigenvalue weighted by molar-refractivity contribution is 14.0.